The van der Waals surface area contributed by atoms with E-state index in [2.05, 4.69) is 4.98 Å². The van der Waals surface area contributed by atoms with Crippen LogP contribution in [0.25, 0.3) is 10.9 Å². The monoisotopic (exact) mass is 403 g/mol. The van der Waals surface area contributed by atoms with E-state index in [4.69, 9.17) is 21.1 Å². The maximum Gasteiger partial charge on any atom is 0.130 e. The summed E-state index contributed by atoms with van der Waals surface area (Å²) in [7, 11) is 0. The first-order valence-corrected chi connectivity index (χ1v) is 9.76. The minimum atomic E-state index is -0.756. The summed E-state index contributed by atoms with van der Waals surface area (Å²) in [6.07, 6.45) is -0.756. The number of halogens is 1. The van der Waals surface area contributed by atoms with Crippen molar-refractivity contribution in [1.29, 1.82) is 0 Å². The lowest BCUT2D eigenvalue weighted by Crippen LogP contribution is -2.02. The smallest absolute Gasteiger partial charge is 0.130 e. The first-order valence-electron chi connectivity index (χ1n) is 9.38. The highest BCUT2D eigenvalue weighted by Gasteiger charge is 2.23. The number of ether oxygens (including phenoxy) is 2. The van der Waals surface area contributed by atoms with E-state index in [-0.39, 0.29) is 0 Å². The third-order valence-corrected chi connectivity index (χ3v) is 5.34. The molecule has 1 aromatic heterocycles. The molecule has 0 spiro atoms. The molecular formula is C24H18ClNO3. The van der Waals surface area contributed by atoms with Crippen molar-refractivity contribution < 1.29 is 14.6 Å². The van der Waals surface area contributed by atoms with Gasteiger partial charge in [0.05, 0.1) is 11.2 Å². The zero-order valence-corrected chi connectivity index (χ0v) is 16.3. The molecule has 3 aromatic carbocycles. The first-order chi connectivity index (χ1) is 14.2. The molecule has 144 valence electrons. The molecule has 0 bridgehead atoms. The van der Waals surface area contributed by atoms with Crippen LogP contribution in [0.15, 0.2) is 72.8 Å². The topological polar surface area (TPSA) is 51.6 Å². The van der Waals surface area contributed by atoms with Gasteiger partial charge in [0.2, 0.25) is 0 Å². The van der Waals surface area contributed by atoms with Gasteiger partial charge < -0.3 is 14.6 Å². The maximum absolute atomic E-state index is 10.9. The molecule has 4 aromatic rings. The molecule has 0 saturated carbocycles. The number of benzene rings is 3. The number of hydrogen-bond donors (Lipinski definition) is 1. The Morgan fingerprint density at radius 1 is 1.00 bits per heavy atom. The number of aliphatic hydroxyl groups is 1. The van der Waals surface area contributed by atoms with Crippen LogP contribution in [-0.2, 0) is 13.2 Å². The molecule has 0 saturated heterocycles. The highest BCUT2D eigenvalue weighted by Crippen LogP contribution is 2.37. The molecule has 1 unspecified atom stereocenters. The summed E-state index contributed by atoms with van der Waals surface area (Å²) in [5.41, 5.74) is 4.18. The highest BCUT2D eigenvalue weighted by atomic mass is 35.5. The first kappa shape index (κ1) is 18.0. The van der Waals surface area contributed by atoms with Gasteiger partial charge in [-0.15, -0.1) is 0 Å². The Morgan fingerprint density at radius 2 is 1.86 bits per heavy atom. The van der Waals surface area contributed by atoms with Crippen LogP contribution < -0.4 is 9.47 Å². The minimum Gasteiger partial charge on any atom is -0.488 e. The van der Waals surface area contributed by atoms with Gasteiger partial charge in [-0.1, -0.05) is 48.0 Å². The van der Waals surface area contributed by atoms with Gasteiger partial charge in [-0.3, -0.25) is 0 Å². The Bertz CT molecular complexity index is 1210. The Labute approximate surface area is 173 Å². The third-order valence-electron chi connectivity index (χ3n) is 5.11. The van der Waals surface area contributed by atoms with Crippen molar-refractivity contribution in [3.63, 3.8) is 0 Å². The summed E-state index contributed by atoms with van der Waals surface area (Å²) in [5, 5.41) is 12.6. The van der Waals surface area contributed by atoms with Gasteiger partial charge in [0.25, 0.3) is 0 Å². The number of nitrogens with zero attached hydrogens (tertiary/aromatic N) is 1. The van der Waals surface area contributed by atoms with E-state index in [1.54, 1.807) is 0 Å². The molecule has 5 rings (SSSR count). The van der Waals surface area contributed by atoms with Crippen molar-refractivity contribution in [2.75, 3.05) is 0 Å². The SMILES string of the molecule is OC1c2ccccc2COc2ccc(OCc3ccc4ccc(Cl)cc4n3)cc21. The van der Waals surface area contributed by atoms with Gasteiger partial charge in [-0.25, -0.2) is 4.98 Å². The minimum absolute atomic E-state index is 0.314. The van der Waals surface area contributed by atoms with E-state index in [9.17, 15) is 5.11 Å². The van der Waals surface area contributed by atoms with Crippen LogP contribution in [0.4, 0.5) is 0 Å². The van der Waals surface area contributed by atoms with Crippen molar-refractivity contribution >= 4 is 22.5 Å². The molecule has 0 radical (unpaired) electrons. The fraction of sp³-hybridized carbons (Fsp3) is 0.125. The largest absolute Gasteiger partial charge is 0.488 e. The highest BCUT2D eigenvalue weighted by molar-refractivity contribution is 6.31. The molecule has 1 aliphatic rings. The van der Waals surface area contributed by atoms with Crippen molar-refractivity contribution in [1.82, 2.24) is 4.98 Å². The van der Waals surface area contributed by atoms with E-state index in [1.165, 1.54) is 0 Å². The fourth-order valence-corrected chi connectivity index (χ4v) is 3.75. The standard InChI is InChI=1S/C24H18ClNO3/c25-17-7-5-15-6-8-18(26-22(15)11-17)14-28-19-9-10-23-21(12-19)24(27)20-4-2-1-3-16(20)13-29-23/h1-12,24,27H,13-14H2. The van der Waals surface area contributed by atoms with Gasteiger partial charge >= 0.3 is 0 Å². The number of fused-ring (bicyclic) bond motifs is 3. The van der Waals surface area contributed by atoms with E-state index in [0.717, 1.165) is 27.7 Å². The Hall–Kier alpha value is -3.08. The second-order valence-corrected chi connectivity index (χ2v) is 7.45. The predicted molar refractivity (Wildman–Crippen MR) is 112 cm³/mol. The van der Waals surface area contributed by atoms with Gasteiger partial charge in [0, 0.05) is 16.0 Å². The lowest BCUT2D eigenvalue weighted by atomic mass is 9.97. The Kier molecular flexibility index (Phi) is 4.58. The zero-order chi connectivity index (χ0) is 19.8. The third kappa shape index (κ3) is 3.53. The molecule has 1 atom stereocenters. The van der Waals surface area contributed by atoms with E-state index in [1.807, 2.05) is 72.8 Å². The molecule has 29 heavy (non-hydrogen) atoms. The lowest BCUT2D eigenvalue weighted by molar-refractivity contribution is 0.217. The van der Waals surface area contributed by atoms with Gasteiger partial charge in [0.1, 0.15) is 30.8 Å². The van der Waals surface area contributed by atoms with Crippen molar-refractivity contribution in [2.45, 2.75) is 19.3 Å². The van der Waals surface area contributed by atoms with Crippen LogP contribution in [0.1, 0.15) is 28.5 Å². The summed E-state index contributed by atoms with van der Waals surface area (Å²) < 4.78 is 11.8. The molecular weight excluding hydrogens is 386 g/mol. The molecule has 0 fully saturated rings. The number of pyridine rings is 1. The second-order valence-electron chi connectivity index (χ2n) is 7.02. The molecule has 2 heterocycles. The number of aliphatic hydroxyl groups excluding tert-OH is 1. The predicted octanol–water partition coefficient (Wildman–Crippen LogP) is 5.44. The molecule has 0 amide bonds. The maximum atomic E-state index is 10.9. The second kappa shape index (κ2) is 7.39. The molecule has 5 heteroatoms. The van der Waals surface area contributed by atoms with Gasteiger partial charge in [-0.05, 0) is 47.5 Å². The Morgan fingerprint density at radius 3 is 2.79 bits per heavy atom. The average molecular weight is 404 g/mol. The number of hydrogen-bond acceptors (Lipinski definition) is 4. The lowest BCUT2D eigenvalue weighted by Gasteiger charge is -2.15. The van der Waals surface area contributed by atoms with Crippen molar-refractivity contribution in [3.05, 3.63) is 100 Å². The summed E-state index contributed by atoms with van der Waals surface area (Å²) >= 11 is 6.07. The quantitative estimate of drug-likeness (QED) is 0.494. The molecule has 4 nitrogen and oxygen atoms in total. The normalized spacial score (nSPS) is 15.2. The molecule has 1 N–H and O–H groups in total. The van der Waals surface area contributed by atoms with E-state index >= 15 is 0 Å². The summed E-state index contributed by atoms with van der Waals surface area (Å²) in [6, 6.07) is 22.9. The fourth-order valence-electron chi connectivity index (χ4n) is 3.59. The van der Waals surface area contributed by atoms with Crippen LogP contribution in [0, 0.1) is 0 Å². The average Bonchev–Trinajstić information content (AvgIpc) is 2.89. The summed E-state index contributed by atoms with van der Waals surface area (Å²) in [6.45, 7) is 0.749. The van der Waals surface area contributed by atoms with Crippen LogP contribution in [0.3, 0.4) is 0 Å². The Balaban J connectivity index is 1.40. The molecule has 1 aliphatic heterocycles. The zero-order valence-electron chi connectivity index (χ0n) is 15.5. The van der Waals surface area contributed by atoms with Gasteiger partial charge in [-0.2, -0.15) is 0 Å². The number of rotatable bonds is 3. The molecule has 0 aliphatic carbocycles. The van der Waals surface area contributed by atoms with Crippen LogP contribution in [0.5, 0.6) is 11.5 Å². The van der Waals surface area contributed by atoms with Crippen LogP contribution >= 0.6 is 11.6 Å². The summed E-state index contributed by atoms with van der Waals surface area (Å²) in [5.74, 6) is 1.32. The van der Waals surface area contributed by atoms with Crippen LogP contribution in [-0.4, -0.2) is 10.1 Å². The van der Waals surface area contributed by atoms with E-state index in [0.29, 0.717) is 35.3 Å². The van der Waals surface area contributed by atoms with E-state index < -0.39 is 6.10 Å². The van der Waals surface area contributed by atoms with Crippen molar-refractivity contribution in [3.8, 4) is 11.5 Å². The van der Waals surface area contributed by atoms with Crippen molar-refractivity contribution in [2.24, 2.45) is 0 Å². The van der Waals surface area contributed by atoms with Gasteiger partial charge in [0.15, 0.2) is 0 Å². The summed E-state index contributed by atoms with van der Waals surface area (Å²) in [4.78, 5) is 4.61. The van der Waals surface area contributed by atoms with Crippen LogP contribution in [0.2, 0.25) is 5.02 Å². The number of aromatic nitrogens is 1.